The molecule has 0 spiro atoms. The zero-order valence-corrected chi connectivity index (χ0v) is 9.47. The highest BCUT2D eigenvalue weighted by atomic mass is 16.5. The average Bonchev–Trinajstić information content (AvgIpc) is 2.20. The predicted octanol–water partition coefficient (Wildman–Crippen LogP) is 2.33. The van der Waals surface area contributed by atoms with Gasteiger partial charge in [0, 0.05) is 0 Å². The summed E-state index contributed by atoms with van der Waals surface area (Å²) in [5.41, 5.74) is 0. The molecule has 1 rings (SSSR count). The number of carbonyl (C=O) groups is 1. The van der Waals surface area contributed by atoms with Gasteiger partial charge in [0.2, 0.25) is 0 Å². The molecule has 0 unspecified atom stereocenters. The van der Waals surface area contributed by atoms with E-state index in [4.69, 9.17) is 14.6 Å². The molecule has 0 aromatic heterocycles. The zero-order valence-electron chi connectivity index (χ0n) is 9.47. The molecule has 0 aliphatic heterocycles. The zero-order chi connectivity index (χ0) is 12.0. The summed E-state index contributed by atoms with van der Waals surface area (Å²) in [5.74, 6) is 0.349. The number of carboxylic acids is 1. The van der Waals surface area contributed by atoms with E-state index in [1.54, 1.807) is 19.1 Å². The fourth-order valence-electron chi connectivity index (χ4n) is 1.33. The second kappa shape index (κ2) is 6.00. The molecule has 16 heavy (non-hydrogen) atoms. The molecular weight excluding hydrogens is 208 g/mol. The number of benzene rings is 1. The van der Waals surface area contributed by atoms with Crippen LogP contribution in [0.5, 0.6) is 11.5 Å². The Morgan fingerprint density at radius 2 is 2.00 bits per heavy atom. The molecule has 1 atom stereocenters. The van der Waals surface area contributed by atoms with Gasteiger partial charge in [0.25, 0.3) is 0 Å². The molecule has 4 nitrogen and oxygen atoms in total. The SMILES string of the molecule is CCOc1ccccc1O[C@@H](C)CC(=O)O. The highest BCUT2D eigenvalue weighted by Crippen LogP contribution is 2.27. The maximum Gasteiger partial charge on any atom is 0.307 e. The van der Waals surface area contributed by atoms with Crippen molar-refractivity contribution in [3.8, 4) is 11.5 Å². The average molecular weight is 224 g/mol. The van der Waals surface area contributed by atoms with Gasteiger partial charge in [0.1, 0.15) is 6.10 Å². The van der Waals surface area contributed by atoms with E-state index >= 15 is 0 Å². The Hall–Kier alpha value is -1.71. The van der Waals surface area contributed by atoms with Gasteiger partial charge >= 0.3 is 5.97 Å². The lowest BCUT2D eigenvalue weighted by molar-refractivity contribution is -0.138. The van der Waals surface area contributed by atoms with Gasteiger partial charge in [-0.05, 0) is 26.0 Å². The van der Waals surface area contributed by atoms with Crippen LogP contribution in [0.3, 0.4) is 0 Å². The third-order valence-corrected chi connectivity index (χ3v) is 1.94. The van der Waals surface area contributed by atoms with E-state index in [1.807, 2.05) is 19.1 Å². The third kappa shape index (κ3) is 3.81. The van der Waals surface area contributed by atoms with Crippen molar-refractivity contribution >= 4 is 5.97 Å². The maximum absolute atomic E-state index is 10.5. The molecule has 1 aromatic carbocycles. The minimum absolute atomic E-state index is 0.0273. The van der Waals surface area contributed by atoms with Crippen LogP contribution in [0.2, 0.25) is 0 Å². The summed E-state index contributed by atoms with van der Waals surface area (Å²) in [6, 6.07) is 7.24. The van der Waals surface area contributed by atoms with Crippen molar-refractivity contribution in [1.29, 1.82) is 0 Å². The molecule has 0 radical (unpaired) electrons. The van der Waals surface area contributed by atoms with Crippen molar-refractivity contribution < 1.29 is 19.4 Å². The molecule has 0 aliphatic rings. The quantitative estimate of drug-likeness (QED) is 0.805. The minimum atomic E-state index is -0.874. The first-order valence-corrected chi connectivity index (χ1v) is 5.23. The van der Waals surface area contributed by atoms with Crippen LogP contribution in [0.25, 0.3) is 0 Å². The molecular formula is C12H16O4. The second-order valence-electron chi connectivity index (χ2n) is 3.41. The summed E-state index contributed by atoms with van der Waals surface area (Å²) in [5, 5.41) is 8.62. The number of aliphatic carboxylic acids is 1. The Balaban J connectivity index is 2.68. The van der Waals surface area contributed by atoms with Gasteiger partial charge in [-0.1, -0.05) is 12.1 Å². The normalized spacial score (nSPS) is 11.9. The molecule has 4 heteroatoms. The third-order valence-electron chi connectivity index (χ3n) is 1.94. The first-order valence-electron chi connectivity index (χ1n) is 5.23. The molecule has 0 amide bonds. The summed E-state index contributed by atoms with van der Waals surface area (Å²) in [7, 11) is 0. The highest BCUT2D eigenvalue weighted by molar-refractivity contribution is 5.67. The lowest BCUT2D eigenvalue weighted by atomic mass is 10.2. The number of rotatable bonds is 6. The second-order valence-corrected chi connectivity index (χ2v) is 3.41. The van der Waals surface area contributed by atoms with Crippen LogP contribution in [0, 0.1) is 0 Å². The number of ether oxygens (including phenoxy) is 2. The fourth-order valence-corrected chi connectivity index (χ4v) is 1.33. The van der Waals surface area contributed by atoms with Crippen LogP contribution >= 0.6 is 0 Å². The number of hydrogen-bond acceptors (Lipinski definition) is 3. The number of carboxylic acid groups (broad SMARTS) is 1. The first kappa shape index (κ1) is 12.4. The Kier molecular flexibility index (Phi) is 4.64. The molecule has 0 saturated heterocycles. The van der Waals surface area contributed by atoms with E-state index in [0.29, 0.717) is 18.1 Å². The van der Waals surface area contributed by atoms with E-state index < -0.39 is 5.97 Å². The van der Waals surface area contributed by atoms with E-state index in [2.05, 4.69) is 0 Å². The smallest absolute Gasteiger partial charge is 0.307 e. The van der Waals surface area contributed by atoms with Crippen molar-refractivity contribution in [2.24, 2.45) is 0 Å². The molecule has 88 valence electrons. The first-order chi connectivity index (χ1) is 7.63. The Morgan fingerprint density at radius 3 is 2.56 bits per heavy atom. The van der Waals surface area contributed by atoms with Gasteiger partial charge in [0.15, 0.2) is 11.5 Å². The van der Waals surface area contributed by atoms with E-state index in [0.717, 1.165) is 0 Å². The number of hydrogen-bond donors (Lipinski definition) is 1. The van der Waals surface area contributed by atoms with Crippen LogP contribution in [0.1, 0.15) is 20.3 Å². The van der Waals surface area contributed by atoms with E-state index in [9.17, 15) is 4.79 Å². The highest BCUT2D eigenvalue weighted by Gasteiger charge is 2.11. The monoisotopic (exact) mass is 224 g/mol. The van der Waals surface area contributed by atoms with Crippen molar-refractivity contribution in [3.63, 3.8) is 0 Å². The predicted molar refractivity (Wildman–Crippen MR) is 60.0 cm³/mol. The summed E-state index contributed by atoms with van der Waals surface area (Å²) in [4.78, 5) is 10.5. The van der Waals surface area contributed by atoms with Crippen LogP contribution < -0.4 is 9.47 Å². The maximum atomic E-state index is 10.5. The van der Waals surface area contributed by atoms with Crippen molar-refractivity contribution in [1.82, 2.24) is 0 Å². The number of para-hydroxylation sites is 2. The van der Waals surface area contributed by atoms with Crippen molar-refractivity contribution in [3.05, 3.63) is 24.3 Å². The minimum Gasteiger partial charge on any atom is -0.490 e. The molecule has 0 bridgehead atoms. The Labute approximate surface area is 94.8 Å². The molecule has 1 aromatic rings. The topological polar surface area (TPSA) is 55.8 Å². The van der Waals surface area contributed by atoms with Crippen LogP contribution in [-0.2, 0) is 4.79 Å². The molecule has 0 fully saturated rings. The molecule has 0 aliphatic carbocycles. The van der Waals surface area contributed by atoms with Gasteiger partial charge in [-0.2, -0.15) is 0 Å². The largest absolute Gasteiger partial charge is 0.490 e. The van der Waals surface area contributed by atoms with Crippen molar-refractivity contribution in [2.45, 2.75) is 26.4 Å². The standard InChI is InChI=1S/C12H16O4/c1-3-15-10-6-4-5-7-11(10)16-9(2)8-12(13)14/h4-7,9H,3,8H2,1-2H3,(H,13,14)/t9-/m0/s1. The molecule has 0 saturated carbocycles. The Morgan fingerprint density at radius 1 is 1.38 bits per heavy atom. The summed E-state index contributed by atoms with van der Waals surface area (Å²) in [6.45, 7) is 4.15. The van der Waals surface area contributed by atoms with Crippen molar-refractivity contribution in [2.75, 3.05) is 6.61 Å². The van der Waals surface area contributed by atoms with Gasteiger partial charge < -0.3 is 14.6 Å². The van der Waals surface area contributed by atoms with Crippen LogP contribution in [0.4, 0.5) is 0 Å². The van der Waals surface area contributed by atoms with E-state index in [-0.39, 0.29) is 12.5 Å². The molecule has 1 N–H and O–H groups in total. The van der Waals surface area contributed by atoms with Crippen LogP contribution in [-0.4, -0.2) is 23.8 Å². The van der Waals surface area contributed by atoms with Gasteiger partial charge in [-0.3, -0.25) is 4.79 Å². The van der Waals surface area contributed by atoms with Gasteiger partial charge in [0.05, 0.1) is 13.0 Å². The lowest BCUT2D eigenvalue weighted by Gasteiger charge is -2.15. The Bertz CT molecular complexity index is 349. The van der Waals surface area contributed by atoms with E-state index in [1.165, 1.54) is 0 Å². The summed E-state index contributed by atoms with van der Waals surface area (Å²) in [6.07, 6.45) is -0.403. The van der Waals surface area contributed by atoms with Gasteiger partial charge in [-0.25, -0.2) is 0 Å². The van der Waals surface area contributed by atoms with Crippen LogP contribution in [0.15, 0.2) is 24.3 Å². The lowest BCUT2D eigenvalue weighted by Crippen LogP contribution is -2.17. The summed E-state index contributed by atoms with van der Waals surface area (Å²) < 4.78 is 10.9. The fraction of sp³-hybridized carbons (Fsp3) is 0.417. The van der Waals surface area contributed by atoms with Gasteiger partial charge in [-0.15, -0.1) is 0 Å². The summed E-state index contributed by atoms with van der Waals surface area (Å²) >= 11 is 0. The molecule has 0 heterocycles.